The molecule has 0 rings (SSSR count). The lowest BCUT2D eigenvalue weighted by Crippen LogP contribution is -2.46. The third-order valence-corrected chi connectivity index (χ3v) is 3.21. The summed E-state index contributed by atoms with van der Waals surface area (Å²) in [5, 5.41) is 8.60. The summed E-state index contributed by atoms with van der Waals surface area (Å²) in [7, 11) is 4.39. The summed E-state index contributed by atoms with van der Waals surface area (Å²) < 4.78 is 0.975. The van der Waals surface area contributed by atoms with E-state index in [1.807, 2.05) is 0 Å². The van der Waals surface area contributed by atoms with Crippen LogP contribution in [-0.4, -0.2) is 48.3 Å². The van der Waals surface area contributed by atoms with Crippen LogP contribution in [0.3, 0.4) is 0 Å². The van der Waals surface area contributed by atoms with Crippen molar-refractivity contribution in [1.82, 2.24) is 0 Å². The van der Waals surface area contributed by atoms with Gasteiger partial charge in [0, 0.05) is 0 Å². The SMILES string of the molecule is CC(C)[N+](C)(C)CCCC[C@H](N)C(=O)O. The van der Waals surface area contributed by atoms with Gasteiger partial charge in [-0.3, -0.25) is 4.79 Å². The van der Waals surface area contributed by atoms with E-state index in [9.17, 15) is 4.79 Å². The second-order valence-corrected chi connectivity index (χ2v) is 5.04. The minimum atomic E-state index is -0.896. The predicted octanol–water partition coefficient (Wildman–Crippen LogP) is 1.05. The Morgan fingerprint density at radius 1 is 1.33 bits per heavy atom. The number of aliphatic carboxylic acids is 1. The number of carboxylic acid groups (broad SMARTS) is 1. The summed E-state index contributed by atoms with van der Waals surface area (Å²) in [5.41, 5.74) is 5.42. The van der Waals surface area contributed by atoms with Crippen LogP contribution in [0.2, 0.25) is 0 Å². The zero-order chi connectivity index (χ0) is 12.1. The van der Waals surface area contributed by atoms with Gasteiger partial charge in [0.2, 0.25) is 0 Å². The van der Waals surface area contributed by atoms with Crippen LogP contribution in [0.1, 0.15) is 33.1 Å². The third-order valence-electron chi connectivity index (χ3n) is 3.21. The number of nitrogens with two attached hydrogens (primary N) is 1. The van der Waals surface area contributed by atoms with Gasteiger partial charge < -0.3 is 15.3 Å². The van der Waals surface area contributed by atoms with E-state index >= 15 is 0 Å². The summed E-state index contributed by atoms with van der Waals surface area (Å²) >= 11 is 0. The van der Waals surface area contributed by atoms with Gasteiger partial charge in [0.1, 0.15) is 6.04 Å². The maximum Gasteiger partial charge on any atom is 0.320 e. The van der Waals surface area contributed by atoms with Crippen LogP contribution in [0, 0.1) is 0 Å². The maximum atomic E-state index is 10.5. The Morgan fingerprint density at radius 2 is 1.87 bits per heavy atom. The van der Waals surface area contributed by atoms with Crippen LogP contribution in [0.4, 0.5) is 0 Å². The van der Waals surface area contributed by atoms with Crippen LogP contribution in [0.15, 0.2) is 0 Å². The molecule has 0 bridgehead atoms. The fourth-order valence-electron chi connectivity index (χ4n) is 1.27. The van der Waals surface area contributed by atoms with Gasteiger partial charge in [-0.2, -0.15) is 0 Å². The van der Waals surface area contributed by atoms with Crippen molar-refractivity contribution in [3.05, 3.63) is 0 Å². The Bertz CT molecular complexity index is 203. The molecule has 1 atom stereocenters. The standard InChI is InChI=1S/C11H24N2O2/c1-9(2)13(3,4)8-6-5-7-10(12)11(14)15/h9-10H,5-8,12H2,1-4H3/p+1/t10-/m0/s1. The van der Waals surface area contributed by atoms with Crippen LogP contribution in [0.5, 0.6) is 0 Å². The number of carboxylic acids is 1. The Hall–Kier alpha value is -0.610. The average molecular weight is 217 g/mol. The maximum absolute atomic E-state index is 10.5. The van der Waals surface area contributed by atoms with Gasteiger partial charge in [-0.15, -0.1) is 0 Å². The van der Waals surface area contributed by atoms with Crippen molar-refractivity contribution in [2.45, 2.75) is 45.2 Å². The van der Waals surface area contributed by atoms with Gasteiger partial charge in [0.05, 0.1) is 26.7 Å². The average Bonchev–Trinajstić information content (AvgIpc) is 2.11. The smallest absolute Gasteiger partial charge is 0.320 e. The molecule has 0 saturated carbocycles. The van der Waals surface area contributed by atoms with Gasteiger partial charge in [0.25, 0.3) is 0 Å². The number of quaternary nitrogens is 1. The number of hydrogen-bond donors (Lipinski definition) is 2. The van der Waals surface area contributed by atoms with E-state index in [-0.39, 0.29) is 0 Å². The van der Waals surface area contributed by atoms with Crippen LogP contribution < -0.4 is 5.73 Å². The van der Waals surface area contributed by atoms with Crippen molar-refractivity contribution in [1.29, 1.82) is 0 Å². The topological polar surface area (TPSA) is 63.3 Å². The highest BCUT2D eigenvalue weighted by atomic mass is 16.4. The van der Waals surface area contributed by atoms with Crippen molar-refractivity contribution in [3.63, 3.8) is 0 Å². The molecule has 15 heavy (non-hydrogen) atoms. The van der Waals surface area contributed by atoms with E-state index in [1.165, 1.54) is 0 Å². The molecule has 0 saturated heterocycles. The van der Waals surface area contributed by atoms with E-state index in [0.29, 0.717) is 12.5 Å². The lowest BCUT2D eigenvalue weighted by molar-refractivity contribution is -0.911. The first-order valence-corrected chi connectivity index (χ1v) is 5.58. The summed E-state index contributed by atoms with van der Waals surface area (Å²) in [6, 6.07) is -0.0993. The largest absolute Gasteiger partial charge is 0.480 e. The Kier molecular flexibility index (Phi) is 5.83. The quantitative estimate of drug-likeness (QED) is 0.495. The van der Waals surface area contributed by atoms with Crippen molar-refractivity contribution >= 4 is 5.97 Å². The highest BCUT2D eigenvalue weighted by Crippen LogP contribution is 2.09. The summed E-state index contributed by atoms with van der Waals surface area (Å²) in [6.07, 6.45) is 2.50. The third kappa shape index (κ3) is 5.74. The summed E-state index contributed by atoms with van der Waals surface area (Å²) in [6.45, 7) is 5.47. The molecule has 0 fully saturated rings. The number of unbranched alkanes of at least 4 members (excludes halogenated alkanes) is 1. The lowest BCUT2D eigenvalue weighted by Gasteiger charge is -2.34. The van der Waals surface area contributed by atoms with Gasteiger partial charge in [-0.05, 0) is 33.1 Å². The highest BCUT2D eigenvalue weighted by molar-refractivity contribution is 5.72. The van der Waals surface area contributed by atoms with E-state index in [0.717, 1.165) is 23.9 Å². The van der Waals surface area contributed by atoms with E-state index in [2.05, 4.69) is 27.9 Å². The monoisotopic (exact) mass is 217 g/mol. The second kappa shape index (κ2) is 6.08. The minimum absolute atomic E-state index is 0.577. The number of carbonyl (C=O) groups is 1. The molecule has 0 amide bonds. The predicted molar refractivity (Wildman–Crippen MR) is 61.6 cm³/mol. The van der Waals surface area contributed by atoms with Crippen molar-refractivity contribution in [3.8, 4) is 0 Å². The first-order valence-electron chi connectivity index (χ1n) is 5.58. The molecule has 0 aliphatic rings. The van der Waals surface area contributed by atoms with Gasteiger partial charge in [0.15, 0.2) is 0 Å². The van der Waals surface area contributed by atoms with Gasteiger partial charge in [-0.1, -0.05) is 0 Å². The second-order valence-electron chi connectivity index (χ2n) is 5.04. The van der Waals surface area contributed by atoms with Crippen LogP contribution >= 0.6 is 0 Å². The molecule has 0 spiro atoms. The fourth-order valence-corrected chi connectivity index (χ4v) is 1.27. The number of hydrogen-bond acceptors (Lipinski definition) is 2. The molecule has 0 aromatic rings. The summed E-state index contributed by atoms with van der Waals surface area (Å²) in [5.74, 6) is -0.896. The molecule has 0 heterocycles. The van der Waals surface area contributed by atoms with E-state index < -0.39 is 12.0 Å². The minimum Gasteiger partial charge on any atom is -0.480 e. The van der Waals surface area contributed by atoms with Gasteiger partial charge >= 0.3 is 5.97 Å². The molecule has 0 radical (unpaired) electrons. The van der Waals surface area contributed by atoms with Crippen LogP contribution in [0.25, 0.3) is 0 Å². The molecule has 3 N–H and O–H groups in total. The molecule has 0 aliphatic heterocycles. The van der Waals surface area contributed by atoms with Crippen molar-refractivity contribution in [2.75, 3.05) is 20.6 Å². The van der Waals surface area contributed by atoms with Gasteiger partial charge in [-0.25, -0.2) is 0 Å². The highest BCUT2D eigenvalue weighted by Gasteiger charge is 2.19. The Morgan fingerprint density at radius 3 is 2.27 bits per heavy atom. The molecule has 4 heteroatoms. The van der Waals surface area contributed by atoms with Crippen molar-refractivity contribution < 1.29 is 14.4 Å². The van der Waals surface area contributed by atoms with Crippen LogP contribution in [-0.2, 0) is 4.79 Å². The normalized spacial score (nSPS) is 14.3. The molecular formula is C11H25N2O2+. The molecule has 4 nitrogen and oxygen atoms in total. The first-order chi connectivity index (χ1) is 6.77. The number of nitrogens with zero attached hydrogens (tertiary/aromatic N) is 1. The Balaban J connectivity index is 3.67. The zero-order valence-electron chi connectivity index (χ0n) is 10.4. The summed E-state index contributed by atoms with van der Waals surface area (Å²) in [4.78, 5) is 10.5. The lowest BCUT2D eigenvalue weighted by atomic mass is 10.1. The molecule has 90 valence electrons. The Labute approximate surface area is 92.7 Å². The molecular weight excluding hydrogens is 192 g/mol. The molecule has 0 aliphatic carbocycles. The molecule has 0 aromatic heterocycles. The van der Waals surface area contributed by atoms with Crippen molar-refractivity contribution in [2.24, 2.45) is 5.73 Å². The fraction of sp³-hybridized carbons (Fsp3) is 0.909. The van der Waals surface area contributed by atoms with E-state index in [1.54, 1.807) is 0 Å². The zero-order valence-corrected chi connectivity index (χ0v) is 10.4. The first kappa shape index (κ1) is 14.4. The van der Waals surface area contributed by atoms with E-state index in [4.69, 9.17) is 10.8 Å². The number of rotatable bonds is 7. The molecule has 0 aromatic carbocycles. The molecule has 0 unspecified atom stereocenters.